The van der Waals surface area contributed by atoms with E-state index >= 15 is 0 Å². The number of nitrogens with one attached hydrogen (secondary N) is 1. The van der Waals surface area contributed by atoms with Gasteiger partial charge in [-0.15, -0.1) is 0 Å². The maximum absolute atomic E-state index is 9.00. The maximum Gasteiger partial charge on any atom is 0.300 e. The van der Waals surface area contributed by atoms with Gasteiger partial charge in [0.25, 0.3) is 5.97 Å². The van der Waals surface area contributed by atoms with Crippen LogP contribution in [0.5, 0.6) is 0 Å². The molecule has 3 nitrogen and oxygen atoms in total. The van der Waals surface area contributed by atoms with Gasteiger partial charge >= 0.3 is 0 Å². The monoisotopic (exact) mass is 117 g/mol. The van der Waals surface area contributed by atoms with E-state index in [4.69, 9.17) is 9.90 Å². The van der Waals surface area contributed by atoms with Crippen molar-refractivity contribution < 1.29 is 9.90 Å². The lowest BCUT2D eigenvalue weighted by Crippen LogP contribution is -2.29. The van der Waals surface area contributed by atoms with Gasteiger partial charge in [0.05, 0.1) is 0 Å². The fourth-order valence-corrected chi connectivity index (χ4v) is 0.177. The zero-order chi connectivity index (χ0) is 6.41. The van der Waals surface area contributed by atoms with E-state index in [1.807, 2.05) is 0 Å². The van der Waals surface area contributed by atoms with Gasteiger partial charge < -0.3 is 10.4 Å². The largest absolute Gasteiger partial charge is 0.481 e. The van der Waals surface area contributed by atoms with E-state index < -0.39 is 5.97 Å². The summed E-state index contributed by atoms with van der Waals surface area (Å²) in [5.41, 5.74) is 0. The first kappa shape index (κ1) is 7.43. The zero-order valence-electron chi connectivity index (χ0n) is 4.98. The number of rotatable bonds is 0. The second kappa shape index (κ2) is 4.59. The molecule has 0 aromatic carbocycles. The van der Waals surface area contributed by atoms with Crippen LogP contribution in [0, 0.1) is 0 Å². The van der Waals surface area contributed by atoms with E-state index in [2.05, 4.69) is 5.32 Å². The minimum Gasteiger partial charge on any atom is -0.481 e. The number of aliphatic carboxylic acids is 1. The third kappa shape index (κ3) is 9.06. The van der Waals surface area contributed by atoms with Crippen molar-refractivity contribution in [1.82, 2.24) is 5.32 Å². The average molecular weight is 117 g/mol. The van der Waals surface area contributed by atoms with Crippen LogP contribution in [0.15, 0.2) is 0 Å². The molecule has 1 aliphatic heterocycles. The third-order valence-corrected chi connectivity index (χ3v) is 0.707. The smallest absolute Gasteiger partial charge is 0.300 e. The first-order valence-corrected chi connectivity index (χ1v) is 2.63. The standard InChI is InChI=1S/C3H7N.C2H4O2/c1-2-4-3-1;1-2(3)4/h4H,1-3H2;1H3,(H,3,4). The molecule has 1 heterocycles. The number of hydrogen-bond donors (Lipinski definition) is 2. The molecule has 0 aromatic rings. The second-order valence-corrected chi connectivity index (χ2v) is 1.62. The summed E-state index contributed by atoms with van der Waals surface area (Å²) in [5, 5.41) is 10.5. The molecule has 0 aliphatic carbocycles. The Kier molecular flexibility index (Phi) is 4.26. The molecule has 0 spiro atoms. The molecule has 2 N–H and O–H groups in total. The first-order chi connectivity index (χ1) is 3.73. The molecular formula is C5H11NO2. The highest BCUT2D eigenvalue weighted by molar-refractivity contribution is 5.62. The van der Waals surface area contributed by atoms with Crippen molar-refractivity contribution >= 4 is 5.97 Å². The Morgan fingerprint density at radius 2 is 1.75 bits per heavy atom. The molecule has 1 fully saturated rings. The summed E-state index contributed by atoms with van der Waals surface area (Å²) in [4.78, 5) is 9.00. The summed E-state index contributed by atoms with van der Waals surface area (Å²) >= 11 is 0. The van der Waals surface area contributed by atoms with E-state index in [1.54, 1.807) is 0 Å². The number of carboxylic acid groups (broad SMARTS) is 1. The molecule has 0 unspecified atom stereocenters. The lowest BCUT2D eigenvalue weighted by molar-refractivity contribution is -0.134. The first-order valence-electron chi connectivity index (χ1n) is 2.63. The Labute approximate surface area is 48.7 Å². The fourth-order valence-electron chi connectivity index (χ4n) is 0.177. The van der Waals surface area contributed by atoms with Crippen molar-refractivity contribution in [2.24, 2.45) is 0 Å². The van der Waals surface area contributed by atoms with Gasteiger partial charge in [0.1, 0.15) is 0 Å². The van der Waals surface area contributed by atoms with E-state index in [9.17, 15) is 0 Å². The lowest BCUT2D eigenvalue weighted by atomic mass is 10.3. The van der Waals surface area contributed by atoms with Gasteiger partial charge in [-0.05, 0) is 19.5 Å². The summed E-state index contributed by atoms with van der Waals surface area (Å²) in [6, 6.07) is 0. The molecule has 1 aliphatic rings. The topological polar surface area (TPSA) is 49.3 Å². The van der Waals surface area contributed by atoms with Crippen molar-refractivity contribution in [2.75, 3.05) is 13.1 Å². The summed E-state index contributed by atoms with van der Waals surface area (Å²) in [6.07, 6.45) is 1.39. The molecule has 8 heavy (non-hydrogen) atoms. The van der Waals surface area contributed by atoms with Gasteiger partial charge in [-0.25, -0.2) is 0 Å². The maximum atomic E-state index is 9.00. The van der Waals surface area contributed by atoms with Crippen molar-refractivity contribution in [1.29, 1.82) is 0 Å². The molecule has 3 heteroatoms. The highest BCUT2D eigenvalue weighted by atomic mass is 16.4. The fraction of sp³-hybridized carbons (Fsp3) is 0.800. The molecule has 0 atom stereocenters. The SMILES string of the molecule is C1CNC1.CC(=O)O. The van der Waals surface area contributed by atoms with Crippen LogP contribution in [0.3, 0.4) is 0 Å². The summed E-state index contributed by atoms with van der Waals surface area (Å²) in [6.45, 7) is 3.58. The van der Waals surface area contributed by atoms with Crippen LogP contribution in [0.2, 0.25) is 0 Å². The van der Waals surface area contributed by atoms with Gasteiger partial charge in [-0.1, -0.05) is 0 Å². The second-order valence-electron chi connectivity index (χ2n) is 1.62. The lowest BCUT2D eigenvalue weighted by Gasteiger charge is -2.09. The Balaban J connectivity index is 0.000000122. The van der Waals surface area contributed by atoms with Gasteiger partial charge in [-0.2, -0.15) is 0 Å². The highest BCUT2D eigenvalue weighted by Gasteiger charge is 1.92. The van der Waals surface area contributed by atoms with Gasteiger partial charge in [0, 0.05) is 6.92 Å². The normalized spacial score (nSPS) is 15.1. The summed E-state index contributed by atoms with van der Waals surface area (Å²) in [5.74, 6) is -0.833. The zero-order valence-corrected chi connectivity index (χ0v) is 4.98. The van der Waals surface area contributed by atoms with Crippen LogP contribution in [0.4, 0.5) is 0 Å². The predicted octanol–water partition coefficient (Wildman–Crippen LogP) is 0.0706. The van der Waals surface area contributed by atoms with E-state index in [-0.39, 0.29) is 0 Å². The van der Waals surface area contributed by atoms with Gasteiger partial charge in [0.2, 0.25) is 0 Å². The van der Waals surface area contributed by atoms with E-state index in [0.29, 0.717) is 0 Å². The third-order valence-electron chi connectivity index (χ3n) is 0.707. The Morgan fingerprint density at radius 3 is 1.75 bits per heavy atom. The van der Waals surface area contributed by atoms with Crippen LogP contribution in [0.25, 0.3) is 0 Å². The van der Waals surface area contributed by atoms with Crippen LogP contribution >= 0.6 is 0 Å². The van der Waals surface area contributed by atoms with Crippen LogP contribution < -0.4 is 5.32 Å². The number of carbonyl (C=O) groups is 1. The van der Waals surface area contributed by atoms with E-state index in [0.717, 1.165) is 6.92 Å². The molecule has 0 saturated carbocycles. The summed E-state index contributed by atoms with van der Waals surface area (Å²) in [7, 11) is 0. The van der Waals surface area contributed by atoms with Crippen LogP contribution in [-0.2, 0) is 4.79 Å². The molecule has 0 amide bonds. The predicted molar refractivity (Wildman–Crippen MR) is 30.8 cm³/mol. The van der Waals surface area contributed by atoms with E-state index in [1.165, 1.54) is 19.5 Å². The minimum absolute atomic E-state index is 0.833. The van der Waals surface area contributed by atoms with Crippen molar-refractivity contribution in [3.63, 3.8) is 0 Å². The van der Waals surface area contributed by atoms with Crippen LogP contribution in [-0.4, -0.2) is 24.2 Å². The summed E-state index contributed by atoms with van der Waals surface area (Å²) < 4.78 is 0. The van der Waals surface area contributed by atoms with Crippen LogP contribution in [0.1, 0.15) is 13.3 Å². The minimum atomic E-state index is -0.833. The molecule has 0 radical (unpaired) electrons. The van der Waals surface area contributed by atoms with Gasteiger partial charge in [0.15, 0.2) is 0 Å². The number of hydrogen-bond acceptors (Lipinski definition) is 2. The quantitative estimate of drug-likeness (QED) is 0.472. The van der Waals surface area contributed by atoms with Crippen molar-refractivity contribution in [3.05, 3.63) is 0 Å². The molecule has 48 valence electrons. The number of carboxylic acids is 1. The molecule has 1 rings (SSSR count). The Hall–Kier alpha value is -0.570. The molecule has 0 bridgehead atoms. The van der Waals surface area contributed by atoms with Crippen molar-refractivity contribution in [2.45, 2.75) is 13.3 Å². The Bertz CT molecular complexity index is 60.8. The average Bonchev–Trinajstić information content (AvgIpc) is 1.19. The highest BCUT2D eigenvalue weighted by Crippen LogP contribution is 1.80. The van der Waals surface area contributed by atoms with Crippen molar-refractivity contribution in [3.8, 4) is 0 Å². The Morgan fingerprint density at radius 1 is 1.62 bits per heavy atom. The molecule has 1 saturated heterocycles. The molecule has 0 aromatic heterocycles. The molecular weight excluding hydrogens is 106 g/mol. The van der Waals surface area contributed by atoms with Gasteiger partial charge in [-0.3, -0.25) is 4.79 Å².